The van der Waals surface area contributed by atoms with Crippen LogP contribution in [0.5, 0.6) is 0 Å². The minimum Gasteiger partial charge on any atom is -0.375 e. The Hall–Kier alpha value is -3.77. The lowest BCUT2D eigenvalue weighted by molar-refractivity contribution is 0.0772. The molecule has 1 unspecified atom stereocenters. The van der Waals surface area contributed by atoms with Crippen molar-refractivity contribution < 1.29 is 13.9 Å². The number of aromatic amines is 1. The molecule has 1 aliphatic rings. The first kappa shape index (κ1) is 20.2. The third-order valence-electron chi connectivity index (χ3n) is 5.58. The van der Waals surface area contributed by atoms with E-state index in [1.165, 1.54) is 6.07 Å². The molecule has 0 bridgehead atoms. The van der Waals surface area contributed by atoms with Crippen LogP contribution in [0.1, 0.15) is 21.6 Å². The van der Waals surface area contributed by atoms with Gasteiger partial charge >= 0.3 is 0 Å². The van der Waals surface area contributed by atoms with E-state index in [4.69, 9.17) is 4.74 Å². The van der Waals surface area contributed by atoms with E-state index in [1.807, 2.05) is 48.5 Å². The number of rotatable bonds is 6. The fraction of sp³-hybridized carbons (Fsp3) is 0.154. The number of amides is 1. The third kappa shape index (κ3) is 4.18. The summed E-state index contributed by atoms with van der Waals surface area (Å²) in [6.45, 7) is 0.937. The van der Waals surface area contributed by atoms with Gasteiger partial charge in [-0.05, 0) is 35.9 Å². The van der Waals surface area contributed by atoms with Gasteiger partial charge in [0.2, 0.25) is 0 Å². The van der Waals surface area contributed by atoms with Crippen molar-refractivity contribution in [3.8, 4) is 22.5 Å². The van der Waals surface area contributed by atoms with E-state index in [2.05, 4.69) is 15.3 Å². The molecule has 1 atom stereocenters. The average molecular weight is 427 g/mol. The van der Waals surface area contributed by atoms with Gasteiger partial charge in [0.25, 0.3) is 5.91 Å². The normalized spacial score (nSPS) is 15.3. The third-order valence-corrected chi connectivity index (χ3v) is 5.58. The number of pyridine rings is 1. The minimum absolute atomic E-state index is 0.100. The Morgan fingerprint density at radius 2 is 1.81 bits per heavy atom. The van der Waals surface area contributed by atoms with Gasteiger partial charge in [0.15, 0.2) is 0 Å². The molecule has 32 heavy (non-hydrogen) atoms. The molecule has 0 radical (unpaired) electrons. The Bertz CT molecular complexity index is 1250. The lowest BCUT2D eigenvalue weighted by Crippen LogP contribution is -2.43. The van der Waals surface area contributed by atoms with E-state index in [1.54, 1.807) is 24.4 Å². The summed E-state index contributed by atoms with van der Waals surface area (Å²) in [7, 11) is 0. The Morgan fingerprint density at radius 3 is 2.66 bits per heavy atom. The van der Waals surface area contributed by atoms with Crippen molar-refractivity contribution in [2.24, 2.45) is 0 Å². The van der Waals surface area contributed by atoms with Gasteiger partial charge in [-0.3, -0.25) is 9.78 Å². The smallest absolute Gasteiger partial charge is 0.253 e. The molecule has 5 rings (SSSR count). The number of benzene rings is 2. The number of aromatic nitrogens is 2. The van der Waals surface area contributed by atoms with Crippen LogP contribution >= 0.6 is 0 Å². The Morgan fingerprint density at radius 1 is 1.00 bits per heavy atom. The molecule has 2 aromatic heterocycles. The quantitative estimate of drug-likeness (QED) is 0.467. The summed E-state index contributed by atoms with van der Waals surface area (Å²) >= 11 is 0. The topological polar surface area (TPSA) is 67.0 Å². The molecule has 2 N–H and O–H groups in total. The van der Waals surface area contributed by atoms with Crippen LogP contribution in [-0.4, -0.2) is 28.5 Å². The van der Waals surface area contributed by atoms with Crippen LogP contribution in [0.2, 0.25) is 0 Å². The highest BCUT2D eigenvalue weighted by atomic mass is 19.1. The van der Waals surface area contributed by atoms with Crippen LogP contribution in [0, 0.1) is 5.82 Å². The molecular weight excluding hydrogens is 405 g/mol. The predicted octanol–water partition coefficient (Wildman–Crippen LogP) is 4.75. The van der Waals surface area contributed by atoms with Crippen molar-refractivity contribution in [1.29, 1.82) is 0 Å². The van der Waals surface area contributed by atoms with Crippen molar-refractivity contribution in [3.63, 3.8) is 0 Å². The Labute approximate surface area is 185 Å². The lowest BCUT2D eigenvalue weighted by Gasteiger charge is -2.23. The van der Waals surface area contributed by atoms with Gasteiger partial charge in [0, 0.05) is 35.1 Å². The lowest BCUT2D eigenvalue weighted by atomic mass is 10.0. The molecule has 0 aliphatic carbocycles. The zero-order chi connectivity index (χ0) is 21.9. The highest BCUT2D eigenvalue weighted by Crippen LogP contribution is 2.28. The highest BCUT2D eigenvalue weighted by Gasteiger charge is 2.27. The van der Waals surface area contributed by atoms with Gasteiger partial charge in [-0.1, -0.05) is 42.5 Å². The predicted molar refractivity (Wildman–Crippen MR) is 120 cm³/mol. The number of nitrogens with zero attached hydrogens (tertiary/aromatic N) is 1. The van der Waals surface area contributed by atoms with Crippen molar-refractivity contribution in [3.05, 3.63) is 102 Å². The van der Waals surface area contributed by atoms with E-state index in [-0.39, 0.29) is 17.8 Å². The number of nitrogens with one attached hydrogen (secondary N) is 2. The van der Waals surface area contributed by atoms with E-state index in [9.17, 15) is 9.18 Å². The van der Waals surface area contributed by atoms with Crippen LogP contribution in [0.15, 0.2) is 79.0 Å². The molecule has 0 saturated carbocycles. The summed E-state index contributed by atoms with van der Waals surface area (Å²) in [6, 6.07) is 21.9. The number of H-pyrrole nitrogens is 1. The van der Waals surface area contributed by atoms with Gasteiger partial charge in [0.05, 0.1) is 30.5 Å². The summed E-state index contributed by atoms with van der Waals surface area (Å²) in [6.07, 6.45) is 2.30. The maximum atomic E-state index is 14.2. The molecule has 0 saturated heterocycles. The standard InChI is InChI=1S/C26H22FN3O2/c27-22-9-5-4-8-20(22)24-12-18(10-11-28-24)23-14-21-25(30-23)13-19(29-26(21)31)16-32-15-17-6-2-1-3-7-17/h1-12,14,19,30H,13,15-16H2,(H,29,31). The molecule has 3 heterocycles. The number of carbonyl (C=O) groups excluding carboxylic acids is 1. The van der Waals surface area contributed by atoms with Crippen molar-refractivity contribution in [2.45, 2.75) is 19.1 Å². The first-order valence-electron chi connectivity index (χ1n) is 10.5. The maximum Gasteiger partial charge on any atom is 0.253 e. The second-order valence-corrected chi connectivity index (χ2v) is 7.86. The van der Waals surface area contributed by atoms with Crippen molar-refractivity contribution in [2.75, 3.05) is 6.61 Å². The van der Waals surface area contributed by atoms with E-state index < -0.39 is 0 Å². The molecule has 4 aromatic rings. The number of fused-ring (bicyclic) bond motifs is 1. The van der Waals surface area contributed by atoms with Crippen molar-refractivity contribution in [1.82, 2.24) is 15.3 Å². The first-order valence-corrected chi connectivity index (χ1v) is 10.5. The SMILES string of the molecule is O=C1NC(COCc2ccccc2)Cc2[nH]c(-c3ccnc(-c4ccccc4F)c3)cc21. The Balaban J connectivity index is 1.32. The molecular formula is C26H22FN3O2. The summed E-state index contributed by atoms with van der Waals surface area (Å²) in [5.74, 6) is -0.439. The molecule has 0 fully saturated rings. The summed E-state index contributed by atoms with van der Waals surface area (Å²) in [5, 5.41) is 3.02. The van der Waals surface area contributed by atoms with Crippen LogP contribution < -0.4 is 5.32 Å². The number of hydrogen-bond acceptors (Lipinski definition) is 3. The average Bonchev–Trinajstić information content (AvgIpc) is 3.25. The monoisotopic (exact) mass is 427 g/mol. The van der Waals surface area contributed by atoms with Crippen LogP contribution in [0.3, 0.4) is 0 Å². The molecule has 5 nitrogen and oxygen atoms in total. The number of halogens is 1. The maximum absolute atomic E-state index is 14.2. The van der Waals surface area contributed by atoms with Crippen molar-refractivity contribution >= 4 is 5.91 Å². The molecule has 2 aromatic carbocycles. The Kier molecular flexibility index (Phi) is 5.52. The second kappa shape index (κ2) is 8.77. The van der Waals surface area contributed by atoms with Crippen LogP contribution in [0.25, 0.3) is 22.5 Å². The van der Waals surface area contributed by atoms with E-state index >= 15 is 0 Å². The molecule has 1 amide bonds. The molecule has 6 heteroatoms. The van der Waals surface area contributed by atoms with Crippen LogP contribution in [0.4, 0.5) is 4.39 Å². The molecule has 160 valence electrons. The summed E-state index contributed by atoms with van der Waals surface area (Å²) < 4.78 is 20.0. The second-order valence-electron chi connectivity index (χ2n) is 7.86. The minimum atomic E-state index is -0.319. The van der Waals surface area contributed by atoms with Crippen LogP contribution in [-0.2, 0) is 17.8 Å². The fourth-order valence-electron chi connectivity index (χ4n) is 3.99. The number of ether oxygens (including phenoxy) is 1. The highest BCUT2D eigenvalue weighted by molar-refractivity contribution is 5.98. The molecule has 1 aliphatic heterocycles. The fourth-order valence-corrected chi connectivity index (χ4v) is 3.99. The van der Waals surface area contributed by atoms with E-state index in [0.29, 0.717) is 36.5 Å². The number of hydrogen-bond donors (Lipinski definition) is 2. The zero-order valence-electron chi connectivity index (χ0n) is 17.3. The van der Waals surface area contributed by atoms with Gasteiger partial charge < -0.3 is 15.0 Å². The summed E-state index contributed by atoms with van der Waals surface area (Å²) in [5.41, 5.74) is 5.24. The molecule has 0 spiro atoms. The van der Waals surface area contributed by atoms with Gasteiger partial charge in [-0.2, -0.15) is 0 Å². The van der Waals surface area contributed by atoms with Gasteiger partial charge in [0.1, 0.15) is 5.82 Å². The zero-order valence-corrected chi connectivity index (χ0v) is 17.3. The summed E-state index contributed by atoms with van der Waals surface area (Å²) in [4.78, 5) is 20.3. The van der Waals surface area contributed by atoms with E-state index in [0.717, 1.165) is 22.5 Å². The number of carbonyl (C=O) groups is 1. The largest absolute Gasteiger partial charge is 0.375 e. The van der Waals surface area contributed by atoms with Gasteiger partial charge in [-0.15, -0.1) is 0 Å². The van der Waals surface area contributed by atoms with Gasteiger partial charge in [-0.25, -0.2) is 4.39 Å². The first-order chi connectivity index (χ1) is 15.7.